The number of amides is 2. The van der Waals surface area contributed by atoms with Crippen molar-refractivity contribution in [2.75, 3.05) is 25.1 Å². The molecule has 3 aromatic rings. The molecule has 0 unspecified atom stereocenters. The first-order valence-electron chi connectivity index (χ1n) is 13.3. The summed E-state index contributed by atoms with van der Waals surface area (Å²) < 4.78 is 54.3. The van der Waals surface area contributed by atoms with Crippen LogP contribution in [0, 0.1) is 12.7 Å². The highest BCUT2D eigenvalue weighted by atomic mass is 32.2. The number of benzene rings is 3. The minimum Gasteiger partial charge on any atom is -0.493 e. The van der Waals surface area contributed by atoms with E-state index in [2.05, 4.69) is 5.32 Å². The van der Waals surface area contributed by atoms with Crippen LogP contribution in [0.1, 0.15) is 38.8 Å². The Morgan fingerprint density at radius 3 is 2.14 bits per heavy atom. The molecule has 11 heteroatoms. The number of carbonyl (C=O) groups excluding carboxylic acids is 2. The average molecular weight is 600 g/mol. The van der Waals surface area contributed by atoms with E-state index in [0.717, 1.165) is 9.87 Å². The van der Waals surface area contributed by atoms with Crippen molar-refractivity contribution in [3.63, 3.8) is 0 Å². The number of rotatable bonds is 11. The van der Waals surface area contributed by atoms with Gasteiger partial charge in [-0.2, -0.15) is 0 Å². The third-order valence-corrected chi connectivity index (χ3v) is 8.30. The Balaban J connectivity index is 2.11. The number of anilines is 1. The van der Waals surface area contributed by atoms with Crippen molar-refractivity contribution >= 4 is 27.5 Å². The number of methoxy groups -OCH3 is 2. The molecule has 1 N–H and O–H groups in total. The van der Waals surface area contributed by atoms with Crippen LogP contribution >= 0.6 is 0 Å². The van der Waals surface area contributed by atoms with Crippen molar-refractivity contribution in [3.05, 3.63) is 83.7 Å². The van der Waals surface area contributed by atoms with Gasteiger partial charge in [0, 0.05) is 23.7 Å². The zero-order valence-electron chi connectivity index (χ0n) is 25.0. The van der Waals surface area contributed by atoms with E-state index in [9.17, 15) is 22.4 Å². The van der Waals surface area contributed by atoms with Gasteiger partial charge in [0.1, 0.15) is 18.4 Å². The van der Waals surface area contributed by atoms with Gasteiger partial charge in [0.15, 0.2) is 11.5 Å². The summed E-state index contributed by atoms with van der Waals surface area (Å²) in [4.78, 5) is 28.3. The molecule has 0 radical (unpaired) electrons. The predicted octanol–water partition coefficient (Wildman–Crippen LogP) is 4.68. The van der Waals surface area contributed by atoms with Crippen LogP contribution in [0.15, 0.2) is 71.6 Å². The zero-order chi connectivity index (χ0) is 31.2. The molecule has 0 aliphatic heterocycles. The largest absolute Gasteiger partial charge is 0.493 e. The van der Waals surface area contributed by atoms with Crippen LogP contribution < -0.4 is 19.1 Å². The molecule has 3 rings (SSSR count). The third-order valence-electron chi connectivity index (χ3n) is 6.51. The van der Waals surface area contributed by atoms with E-state index < -0.39 is 45.8 Å². The highest BCUT2D eigenvalue weighted by Crippen LogP contribution is 2.34. The lowest BCUT2D eigenvalue weighted by molar-refractivity contribution is -0.140. The summed E-state index contributed by atoms with van der Waals surface area (Å²) in [5.74, 6) is -1.10. The number of aryl methyl sites for hydroxylation is 1. The Morgan fingerprint density at radius 2 is 1.57 bits per heavy atom. The average Bonchev–Trinajstić information content (AvgIpc) is 2.93. The topological polar surface area (TPSA) is 105 Å². The Kier molecular flexibility index (Phi) is 10.2. The highest BCUT2D eigenvalue weighted by molar-refractivity contribution is 7.92. The van der Waals surface area contributed by atoms with Crippen molar-refractivity contribution in [1.82, 2.24) is 10.2 Å². The van der Waals surface area contributed by atoms with E-state index in [0.29, 0.717) is 5.75 Å². The summed E-state index contributed by atoms with van der Waals surface area (Å²) in [6, 6.07) is 15.6. The van der Waals surface area contributed by atoms with Gasteiger partial charge in [-0.25, -0.2) is 12.8 Å². The van der Waals surface area contributed by atoms with Crippen LogP contribution in [0.25, 0.3) is 0 Å². The Labute approximate surface area is 247 Å². The van der Waals surface area contributed by atoms with E-state index in [1.165, 1.54) is 74.6 Å². The molecule has 0 saturated heterocycles. The lowest BCUT2D eigenvalue weighted by Crippen LogP contribution is -2.54. The third kappa shape index (κ3) is 7.79. The molecule has 0 aliphatic carbocycles. The molecule has 0 aliphatic rings. The lowest BCUT2D eigenvalue weighted by atomic mass is 10.1. The Hall–Kier alpha value is -4.12. The highest BCUT2D eigenvalue weighted by Gasteiger charge is 2.34. The summed E-state index contributed by atoms with van der Waals surface area (Å²) in [5.41, 5.74) is 0.579. The number of nitrogens with one attached hydrogen (secondary N) is 1. The van der Waals surface area contributed by atoms with Gasteiger partial charge in [0.2, 0.25) is 11.8 Å². The number of nitrogens with zero attached hydrogens (tertiary/aromatic N) is 2. The van der Waals surface area contributed by atoms with E-state index in [1.807, 2.05) is 6.92 Å². The maximum absolute atomic E-state index is 14.7. The van der Waals surface area contributed by atoms with E-state index >= 15 is 0 Å². The number of hydrogen-bond donors (Lipinski definition) is 1. The van der Waals surface area contributed by atoms with Gasteiger partial charge in [-0.3, -0.25) is 13.9 Å². The molecule has 0 aromatic heterocycles. The Morgan fingerprint density at radius 1 is 0.952 bits per heavy atom. The van der Waals surface area contributed by atoms with Gasteiger partial charge in [-0.15, -0.1) is 0 Å². The molecular weight excluding hydrogens is 561 g/mol. The fourth-order valence-corrected chi connectivity index (χ4v) is 5.62. The van der Waals surface area contributed by atoms with Gasteiger partial charge in [0.25, 0.3) is 10.0 Å². The van der Waals surface area contributed by atoms with E-state index in [1.54, 1.807) is 39.0 Å². The number of ether oxygens (including phenoxy) is 2. The van der Waals surface area contributed by atoms with Crippen LogP contribution in [0.5, 0.6) is 11.5 Å². The van der Waals surface area contributed by atoms with Crippen LogP contribution in [-0.2, 0) is 26.2 Å². The molecule has 0 saturated carbocycles. The summed E-state index contributed by atoms with van der Waals surface area (Å²) in [7, 11) is -1.42. The van der Waals surface area contributed by atoms with E-state index in [-0.39, 0.29) is 28.4 Å². The van der Waals surface area contributed by atoms with Crippen LogP contribution in [0.3, 0.4) is 0 Å². The number of halogens is 1. The van der Waals surface area contributed by atoms with Crippen molar-refractivity contribution in [1.29, 1.82) is 0 Å². The molecule has 0 fully saturated rings. The fraction of sp³-hybridized carbons (Fsp3) is 0.355. The molecule has 2 amide bonds. The van der Waals surface area contributed by atoms with Crippen molar-refractivity contribution in [2.24, 2.45) is 0 Å². The van der Waals surface area contributed by atoms with E-state index in [4.69, 9.17) is 9.47 Å². The summed E-state index contributed by atoms with van der Waals surface area (Å²) in [6.45, 7) is 7.82. The second-order valence-corrected chi connectivity index (χ2v) is 12.8. The molecule has 1 atom stereocenters. The second kappa shape index (κ2) is 13.2. The molecular formula is C31H38FN3O6S. The molecule has 3 aromatic carbocycles. The normalized spacial score (nSPS) is 12.3. The maximum Gasteiger partial charge on any atom is 0.264 e. The SMILES string of the molecule is COc1ccc(N(CC(=O)N(Cc2ccccc2F)[C@H](C)C(=O)NC(C)(C)C)S(=O)(=O)c2ccc(C)cc2)cc1OC. The minimum atomic E-state index is -4.28. The monoisotopic (exact) mass is 599 g/mol. The van der Waals surface area contributed by atoms with Crippen LogP contribution in [-0.4, -0.2) is 57.5 Å². The summed E-state index contributed by atoms with van der Waals surface area (Å²) in [6.07, 6.45) is 0. The first kappa shape index (κ1) is 32.4. The summed E-state index contributed by atoms with van der Waals surface area (Å²) >= 11 is 0. The molecule has 0 heterocycles. The lowest BCUT2D eigenvalue weighted by Gasteiger charge is -2.33. The predicted molar refractivity (Wildman–Crippen MR) is 160 cm³/mol. The number of sulfonamides is 1. The van der Waals surface area contributed by atoms with Crippen LogP contribution in [0.4, 0.5) is 10.1 Å². The molecule has 0 spiro atoms. The van der Waals surface area contributed by atoms with Crippen molar-refractivity contribution in [2.45, 2.75) is 57.6 Å². The smallest absolute Gasteiger partial charge is 0.264 e. The van der Waals surface area contributed by atoms with Gasteiger partial charge < -0.3 is 19.7 Å². The summed E-state index contributed by atoms with van der Waals surface area (Å²) in [5, 5.41) is 2.84. The quantitative estimate of drug-likeness (QED) is 0.343. The maximum atomic E-state index is 14.7. The number of carbonyl (C=O) groups is 2. The van der Waals surface area contributed by atoms with Crippen molar-refractivity contribution in [3.8, 4) is 11.5 Å². The molecule has 42 heavy (non-hydrogen) atoms. The standard InChI is InChI=1S/C31H38FN3O6S/c1-21-12-15-25(16-13-21)42(38,39)35(24-14-17-27(40-6)28(18-24)41-7)20-29(36)34(19-23-10-8-9-11-26(23)32)22(2)30(37)33-31(3,4)5/h8-18,22H,19-20H2,1-7H3,(H,33,37)/t22-/m1/s1. The fourth-order valence-electron chi connectivity index (χ4n) is 4.21. The first-order chi connectivity index (χ1) is 19.7. The number of hydrogen-bond acceptors (Lipinski definition) is 6. The first-order valence-corrected chi connectivity index (χ1v) is 14.8. The van der Waals surface area contributed by atoms with Crippen LogP contribution in [0.2, 0.25) is 0 Å². The van der Waals surface area contributed by atoms with Crippen molar-refractivity contribution < 1.29 is 31.9 Å². The molecule has 226 valence electrons. The zero-order valence-corrected chi connectivity index (χ0v) is 25.8. The minimum absolute atomic E-state index is 0.0325. The van der Waals surface area contributed by atoms with Gasteiger partial charge in [-0.05, 0) is 65.0 Å². The van der Waals surface area contributed by atoms with Gasteiger partial charge in [-0.1, -0.05) is 35.9 Å². The second-order valence-electron chi connectivity index (χ2n) is 10.9. The molecule has 9 nitrogen and oxygen atoms in total. The van der Waals surface area contributed by atoms with Gasteiger partial charge >= 0.3 is 0 Å². The van der Waals surface area contributed by atoms with Gasteiger partial charge in [0.05, 0.1) is 24.8 Å². The molecule has 0 bridgehead atoms. The Bertz CT molecular complexity index is 1520.